The molecule has 0 saturated heterocycles. The second kappa shape index (κ2) is 11.1. The Morgan fingerprint density at radius 1 is 0.812 bits per heavy atom. The number of alkyl halides is 1. The first kappa shape index (κ1) is 26.1. The first-order valence-electron chi connectivity index (χ1n) is 9.29. The highest BCUT2D eigenvalue weighted by molar-refractivity contribution is 14.1. The molecule has 0 radical (unpaired) electrons. The maximum atomic E-state index is 12.7. The summed E-state index contributed by atoms with van der Waals surface area (Å²) in [6.45, 7) is 4.49. The van der Waals surface area contributed by atoms with Gasteiger partial charge >= 0.3 is 7.32 Å². The van der Waals surface area contributed by atoms with E-state index in [2.05, 4.69) is 95.7 Å². The van der Waals surface area contributed by atoms with Crippen LogP contribution in [0.4, 0.5) is 22.0 Å². The Kier molecular flexibility index (Phi) is 9.05. The molecule has 0 aliphatic carbocycles. The quantitative estimate of drug-likeness (QED) is 0.106. The van der Waals surface area contributed by atoms with Crippen LogP contribution >= 0.6 is 22.6 Å². The van der Waals surface area contributed by atoms with Crippen LogP contribution in [-0.2, 0) is 9.84 Å². The van der Waals surface area contributed by atoms with Crippen molar-refractivity contribution < 1.29 is 36.7 Å². The molecule has 3 aromatic rings. The summed E-state index contributed by atoms with van der Waals surface area (Å²) >= 11 is 2.56. The van der Waals surface area contributed by atoms with E-state index in [4.69, 9.17) is 10.0 Å². The Morgan fingerprint density at radius 3 is 1.78 bits per heavy atom. The molecule has 32 heavy (non-hydrogen) atoms. The van der Waals surface area contributed by atoms with Crippen molar-refractivity contribution in [3.05, 3.63) is 100 Å². The van der Waals surface area contributed by atoms with E-state index >= 15 is 0 Å². The molecule has 3 rings (SSSR count). The fraction of sp³-hybridized carbons (Fsp3) is 0.182. The van der Waals surface area contributed by atoms with Crippen LogP contribution in [0, 0.1) is 36.0 Å². The molecular weight excluding hydrogens is 545 g/mol. The summed E-state index contributed by atoms with van der Waals surface area (Å²) in [5, 5.41) is 16.3. The van der Waals surface area contributed by atoms with Crippen LogP contribution in [0.3, 0.4) is 0 Å². The largest absolute Gasteiger partial charge is 0.707 e. The molecule has 1 atom stereocenters. The van der Waals surface area contributed by atoms with Crippen molar-refractivity contribution in [2.24, 2.45) is 0 Å². The van der Waals surface area contributed by atoms with Crippen LogP contribution < -0.4 is 4.65 Å². The van der Waals surface area contributed by atoms with Gasteiger partial charge in [0.15, 0.2) is 5.75 Å². The molecular formula is C22H19BF5IO3. The molecule has 0 amide bonds. The van der Waals surface area contributed by atoms with Gasteiger partial charge in [-0.25, -0.2) is 13.2 Å². The van der Waals surface area contributed by atoms with Gasteiger partial charge in [0, 0.05) is 3.42 Å². The lowest BCUT2D eigenvalue weighted by Gasteiger charge is -2.24. The van der Waals surface area contributed by atoms with Crippen LogP contribution in [0.5, 0.6) is 5.75 Å². The SMILES string of the molecule is Cc1ccccc1CC(C)(I)c1ccccc1.OB(O)Oc1c(F)c(F)c(F)c(F)c1F. The number of rotatable bonds is 5. The van der Waals surface area contributed by atoms with Gasteiger partial charge in [-0.05, 0) is 37.0 Å². The van der Waals surface area contributed by atoms with E-state index in [-0.39, 0.29) is 3.42 Å². The Labute approximate surface area is 196 Å². The van der Waals surface area contributed by atoms with Gasteiger partial charge in [-0.3, -0.25) is 0 Å². The minimum absolute atomic E-state index is 0.158. The van der Waals surface area contributed by atoms with Crippen molar-refractivity contribution in [1.82, 2.24) is 0 Å². The lowest BCUT2D eigenvalue weighted by Crippen LogP contribution is -2.23. The first-order chi connectivity index (χ1) is 15.0. The standard InChI is InChI=1S/C16H17I.C6H2BF5O3/c1-13-8-6-7-9-14(13)12-16(2,17)15-10-4-3-5-11-15;8-1-2(9)4(11)6(15-7(13)14)5(12)3(1)10/h3-11H,12H2,1-2H3;13-14H. The normalized spacial score (nSPS) is 12.4. The molecule has 0 spiro atoms. The molecule has 3 aromatic carbocycles. The van der Waals surface area contributed by atoms with Crippen molar-refractivity contribution in [3.63, 3.8) is 0 Å². The maximum absolute atomic E-state index is 12.7. The molecule has 3 nitrogen and oxygen atoms in total. The van der Waals surface area contributed by atoms with Crippen molar-refractivity contribution in [2.45, 2.75) is 23.7 Å². The fourth-order valence-corrected chi connectivity index (χ4v) is 3.62. The van der Waals surface area contributed by atoms with E-state index < -0.39 is 42.2 Å². The number of hydrogen-bond acceptors (Lipinski definition) is 3. The van der Waals surface area contributed by atoms with Crippen molar-refractivity contribution >= 4 is 29.9 Å². The highest BCUT2D eigenvalue weighted by Crippen LogP contribution is 2.35. The molecule has 0 heterocycles. The van der Waals surface area contributed by atoms with Crippen molar-refractivity contribution in [1.29, 1.82) is 0 Å². The van der Waals surface area contributed by atoms with Crippen LogP contribution in [-0.4, -0.2) is 17.4 Å². The lowest BCUT2D eigenvalue weighted by atomic mass is 9.92. The van der Waals surface area contributed by atoms with Gasteiger partial charge in [0.05, 0.1) is 0 Å². The number of halogens is 6. The Morgan fingerprint density at radius 2 is 1.28 bits per heavy atom. The highest BCUT2D eigenvalue weighted by atomic mass is 127. The zero-order valence-electron chi connectivity index (χ0n) is 17.1. The molecule has 170 valence electrons. The van der Waals surface area contributed by atoms with E-state index in [1.165, 1.54) is 16.7 Å². The van der Waals surface area contributed by atoms with E-state index in [1.54, 1.807) is 0 Å². The average Bonchev–Trinajstić information content (AvgIpc) is 2.76. The minimum Gasteiger partial charge on any atom is -0.507 e. The van der Waals surface area contributed by atoms with E-state index in [1.807, 2.05) is 0 Å². The first-order valence-corrected chi connectivity index (χ1v) is 10.4. The maximum Gasteiger partial charge on any atom is 0.707 e. The van der Waals surface area contributed by atoms with Gasteiger partial charge in [0.25, 0.3) is 0 Å². The predicted molar refractivity (Wildman–Crippen MR) is 120 cm³/mol. The Balaban J connectivity index is 0.000000229. The number of benzene rings is 3. The van der Waals surface area contributed by atoms with Gasteiger partial charge in [0.2, 0.25) is 29.1 Å². The second-order valence-electron chi connectivity index (χ2n) is 7.01. The Bertz CT molecular complexity index is 1040. The van der Waals surface area contributed by atoms with Crippen LogP contribution in [0.15, 0.2) is 54.6 Å². The third-order valence-corrected chi connectivity index (χ3v) is 5.56. The topological polar surface area (TPSA) is 49.7 Å². The molecule has 0 aliphatic heterocycles. The molecule has 0 fully saturated rings. The minimum atomic E-state index is -2.70. The average molecular weight is 564 g/mol. The zero-order chi connectivity index (χ0) is 24.1. The summed E-state index contributed by atoms with van der Waals surface area (Å²) < 4.78 is 66.5. The summed E-state index contributed by atoms with van der Waals surface area (Å²) in [5.41, 5.74) is 4.21. The Hall–Kier alpha value is -2.18. The predicted octanol–water partition coefficient (Wildman–Crippen LogP) is 5.62. The molecule has 10 heteroatoms. The van der Waals surface area contributed by atoms with Crippen LogP contribution in [0.1, 0.15) is 23.6 Å². The summed E-state index contributed by atoms with van der Waals surface area (Å²) in [5.74, 6) is -13.1. The smallest absolute Gasteiger partial charge is 0.507 e. The van der Waals surface area contributed by atoms with Crippen LogP contribution in [0.2, 0.25) is 0 Å². The van der Waals surface area contributed by atoms with Gasteiger partial charge < -0.3 is 14.7 Å². The number of aryl methyl sites for hydroxylation is 1. The van der Waals surface area contributed by atoms with Crippen LogP contribution in [0.25, 0.3) is 0 Å². The molecule has 0 saturated carbocycles. The van der Waals surface area contributed by atoms with Gasteiger partial charge in [-0.15, -0.1) is 0 Å². The molecule has 0 aromatic heterocycles. The van der Waals surface area contributed by atoms with E-state index in [9.17, 15) is 22.0 Å². The highest BCUT2D eigenvalue weighted by Gasteiger charge is 2.29. The zero-order valence-corrected chi connectivity index (χ0v) is 19.2. The monoisotopic (exact) mass is 564 g/mol. The summed E-state index contributed by atoms with van der Waals surface area (Å²) in [7, 11) is -2.70. The van der Waals surface area contributed by atoms with E-state index in [0.29, 0.717) is 0 Å². The summed E-state index contributed by atoms with van der Waals surface area (Å²) in [4.78, 5) is 0. The summed E-state index contributed by atoms with van der Waals surface area (Å²) in [6.07, 6.45) is 1.07. The molecule has 0 aliphatic rings. The number of hydrogen-bond donors (Lipinski definition) is 2. The lowest BCUT2D eigenvalue weighted by molar-refractivity contribution is 0.263. The second-order valence-corrected chi connectivity index (χ2v) is 9.39. The van der Waals surface area contributed by atoms with Gasteiger partial charge in [-0.2, -0.15) is 8.78 Å². The summed E-state index contributed by atoms with van der Waals surface area (Å²) in [6, 6.07) is 19.4. The van der Waals surface area contributed by atoms with Gasteiger partial charge in [-0.1, -0.05) is 77.2 Å². The van der Waals surface area contributed by atoms with Gasteiger partial charge in [0.1, 0.15) is 0 Å². The molecule has 2 N–H and O–H groups in total. The molecule has 0 bridgehead atoms. The molecule has 1 unspecified atom stereocenters. The fourth-order valence-electron chi connectivity index (χ4n) is 2.85. The third kappa shape index (κ3) is 6.42. The van der Waals surface area contributed by atoms with E-state index in [0.717, 1.165) is 6.42 Å². The third-order valence-electron chi connectivity index (χ3n) is 4.55. The van der Waals surface area contributed by atoms with Crippen molar-refractivity contribution in [3.8, 4) is 5.75 Å². The van der Waals surface area contributed by atoms with Crippen molar-refractivity contribution in [2.75, 3.05) is 0 Å².